The summed E-state index contributed by atoms with van der Waals surface area (Å²) in [7, 11) is -2.25. The van der Waals surface area contributed by atoms with Gasteiger partial charge in [-0.15, -0.1) is 0 Å². The second-order valence-corrected chi connectivity index (χ2v) is 11.6. The van der Waals surface area contributed by atoms with E-state index in [9.17, 15) is 18.0 Å². The van der Waals surface area contributed by atoms with Gasteiger partial charge in [-0.3, -0.25) is 9.59 Å². The highest BCUT2D eigenvalue weighted by Gasteiger charge is 2.36. The van der Waals surface area contributed by atoms with Crippen molar-refractivity contribution >= 4 is 44.8 Å². The van der Waals surface area contributed by atoms with Gasteiger partial charge >= 0.3 is 0 Å². The molecule has 2 amide bonds. The van der Waals surface area contributed by atoms with E-state index in [-0.39, 0.29) is 53.1 Å². The number of fused-ring (bicyclic) bond motifs is 1. The van der Waals surface area contributed by atoms with E-state index in [1.165, 1.54) is 16.4 Å². The summed E-state index contributed by atoms with van der Waals surface area (Å²) in [6, 6.07) is 10.6. The first-order chi connectivity index (χ1) is 17.8. The van der Waals surface area contributed by atoms with Crippen LogP contribution in [0.4, 0.5) is 11.4 Å². The molecule has 2 aromatic rings. The minimum absolute atomic E-state index is 0.0116. The maximum atomic E-state index is 13.3. The monoisotopic (exact) mass is 548 g/mol. The van der Waals surface area contributed by atoms with E-state index in [1.807, 2.05) is 29.2 Å². The number of ether oxygens (including phenoxy) is 2. The van der Waals surface area contributed by atoms with Crippen LogP contribution in [0.5, 0.6) is 11.5 Å². The van der Waals surface area contributed by atoms with Crippen LogP contribution in [0, 0.1) is 5.92 Å². The van der Waals surface area contributed by atoms with Gasteiger partial charge in [0.1, 0.15) is 16.4 Å². The summed E-state index contributed by atoms with van der Waals surface area (Å²) in [6.07, 6.45) is 0.901. The Morgan fingerprint density at radius 3 is 2.38 bits per heavy atom. The highest BCUT2D eigenvalue weighted by molar-refractivity contribution is 7.89. The molecule has 0 unspecified atom stereocenters. The second-order valence-electron chi connectivity index (χ2n) is 9.30. The molecule has 12 heteroatoms. The third-order valence-electron chi connectivity index (χ3n) is 7.12. The molecular formula is C25H29ClN4O6S. The van der Waals surface area contributed by atoms with E-state index in [0.29, 0.717) is 31.6 Å². The van der Waals surface area contributed by atoms with Crippen LogP contribution in [0.2, 0.25) is 5.02 Å². The van der Waals surface area contributed by atoms with Crippen LogP contribution in [0.1, 0.15) is 12.8 Å². The highest BCUT2D eigenvalue weighted by Crippen LogP contribution is 2.37. The van der Waals surface area contributed by atoms with Crippen molar-refractivity contribution in [3.05, 3.63) is 41.4 Å². The first-order valence-electron chi connectivity index (χ1n) is 12.2. The molecule has 3 aliphatic rings. The molecule has 0 saturated carbocycles. The maximum absolute atomic E-state index is 13.3. The van der Waals surface area contributed by atoms with Crippen molar-refractivity contribution in [1.82, 2.24) is 9.21 Å². The number of methoxy groups -OCH3 is 1. The Morgan fingerprint density at radius 2 is 1.73 bits per heavy atom. The molecule has 0 aromatic heterocycles. The summed E-state index contributed by atoms with van der Waals surface area (Å²) in [5, 5.41) is 2.63. The van der Waals surface area contributed by atoms with E-state index < -0.39 is 10.0 Å². The Morgan fingerprint density at radius 1 is 1.05 bits per heavy atom. The number of carbonyl (C=O) groups excluding carboxylic acids is 2. The molecule has 2 fully saturated rings. The fourth-order valence-corrected chi connectivity index (χ4v) is 6.98. The molecule has 10 nitrogen and oxygen atoms in total. The van der Waals surface area contributed by atoms with Crippen LogP contribution in [0.15, 0.2) is 41.3 Å². The number of rotatable bonds is 5. The summed E-state index contributed by atoms with van der Waals surface area (Å²) in [4.78, 5) is 28.8. The molecule has 0 spiro atoms. The van der Waals surface area contributed by atoms with Gasteiger partial charge in [0, 0.05) is 56.9 Å². The standard InChI is InChI=1S/C25H29ClN4O6S/c1-35-19-4-2-18(3-5-19)28-10-12-29(13-11-28)25(32)17-6-8-30(9-7-17)37(33,34)23-15-22-21(14-20(23)26)27-24(31)16-36-22/h2-5,14-15,17H,6-13,16H2,1H3,(H,27,31). The largest absolute Gasteiger partial charge is 0.497 e. The van der Waals surface area contributed by atoms with Crippen molar-refractivity contribution < 1.29 is 27.5 Å². The van der Waals surface area contributed by atoms with E-state index in [1.54, 1.807) is 7.11 Å². The molecule has 3 heterocycles. The van der Waals surface area contributed by atoms with Gasteiger partial charge < -0.3 is 24.6 Å². The summed E-state index contributed by atoms with van der Waals surface area (Å²) < 4.78 is 38.6. The van der Waals surface area contributed by atoms with E-state index in [0.717, 1.165) is 24.5 Å². The third-order valence-corrected chi connectivity index (χ3v) is 9.48. The Labute approximate surface area is 221 Å². The average molecular weight is 549 g/mol. The van der Waals surface area contributed by atoms with Crippen LogP contribution in [0.3, 0.4) is 0 Å². The number of anilines is 2. The summed E-state index contributed by atoms with van der Waals surface area (Å²) in [6.45, 7) is 3.02. The summed E-state index contributed by atoms with van der Waals surface area (Å²) >= 11 is 6.28. The van der Waals surface area contributed by atoms with E-state index in [2.05, 4.69) is 10.2 Å². The number of benzene rings is 2. The quantitative estimate of drug-likeness (QED) is 0.611. The molecule has 5 rings (SSSR count). The fourth-order valence-electron chi connectivity index (χ4n) is 5.00. The minimum atomic E-state index is -3.89. The Balaban J connectivity index is 1.17. The molecule has 198 valence electrons. The number of sulfonamides is 1. The number of hydrogen-bond acceptors (Lipinski definition) is 7. The molecule has 37 heavy (non-hydrogen) atoms. The molecule has 2 aromatic carbocycles. The molecule has 0 bridgehead atoms. The van der Waals surface area contributed by atoms with E-state index >= 15 is 0 Å². The van der Waals surface area contributed by atoms with Gasteiger partial charge in [-0.2, -0.15) is 4.31 Å². The first kappa shape index (κ1) is 25.6. The van der Waals surface area contributed by atoms with Gasteiger partial charge in [0.2, 0.25) is 15.9 Å². The SMILES string of the molecule is COc1ccc(N2CCN(C(=O)C3CCN(S(=O)(=O)c4cc5c(cc4Cl)NC(=O)CO5)CC3)CC2)cc1. The number of nitrogens with zero attached hydrogens (tertiary/aromatic N) is 3. The first-order valence-corrected chi connectivity index (χ1v) is 14.0. The molecule has 0 aliphatic carbocycles. The number of hydrogen-bond donors (Lipinski definition) is 1. The van der Waals surface area contributed by atoms with Gasteiger partial charge in [-0.25, -0.2) is 8.42 Å². The zero-order valence-electron chi connectivity index (χ0n) is 20.5. The van der Waals surface area contributed by atoms with Crippen molar-refractivity contribution in [1.29, 1.82) is 0 Å². The zero-order chi connectivity index (χ0) is 26.2. The molecule has 3 aliphatic heterocycles. The average Bonchev–Trinajstić information content (AvgIpc) is 2.92. The second kappa shape index (κ2) is 10.4. The van der Waals surface area contributed by atoms with Crippen LogP contribution in [-0.2, 0) is 19.6 Å². The predicted molar refractivity (Wildman–Crippen MR) is 139 cm³/mol. The van der Waals surface area contributed by atoms with Gasteiger partial charge in [0.05, 0.1) is 17.8 Å². The topological polar surface area (TPSA) is 108 Å². The number of carbonyl (C=O) groups is 2. The molecule has 2 saturated heterocycles. The smallest absolute Gasteiger partial charge is 0.262 e. The van der Waals surface area contributed by atoms with Crippen LogP contribution >= 0.6 is 11.6 Å². The molecule has 1 N–H and O–H groups in total. The van der Waals surface area contributed by atoms with Crippen molar-refractivity contribution in [3.63, 3.8) is 0 Å². The number of halogens is 1. The van der Waals surface area contributed by atoms with Gasteiger partial charge in [0.15, 0.2) is 6.61 Å². The fraction of sp³-hybridized carbons (Fsp3) is 0.440. The summed E-state index contributed by atoms with van der Waals surface area (Å²) in [5.74, 6) is 0.620. The van der Waals surface area contributed by atoms with Crippen molar-refractivity contribution in [2.75, 3.05) is 63.2 Å². The third kappa shape index (κ3) is 5.21. The molecule has 0 atom stereocenters. The van der Waals surface area contributed by atoms with Gasteiger partial charge in [-0.1, -0.05) is 11.6 Å². The Bertz CT molecular complexity index is 1290. The number of nitrogens with one attached hydrogen (secondary N) is 1. The minimum Gasteiger partial charge on any atom is -0.497 e. The molecule has 0 radical (unpaired) electrons. The lowest BCUT2D eigenvalue weighted by Gasteiger charge is -2.39. The molecular weight excluding hydrogens is 520 g/mol. The number of amides is 2. The lowest BCUT2D eigenvalue weighted by molar-refractivity contribution is -0.137. The van der Waals surface area contributed by atoms with Gasteiger partial charge in [-0.05, 0) is 43.2 Å². The lowest BCUT2D eigenvalue weighted by Crippen LogP contribution is -2.52. The van der Waals surface area contributed by atoms with Crippen LogP contribution < -0.4 is 19.7 Å². The Hall–Kier alpha value is -3.02. The normalized spacial score (nSPS) is 19.1. The summed E-state index contributed by atoms with van der Waals surface area (Å²) in [5.41, 5.74) is 1.44. The lowest BCUT2D eigenvalue weighted by atomic mass is 9.96. The predicted octanol–water partition coefficient (Wildman–Crippen LogP) is 2.43. The highest BCUT2D eigenvalue weighted by atomic mass is 35.5. The van der Waals surface area contributed by atoms with Crippen LogP contribution in [0.25, 0.3) is 0 Å². The van der Waals surface area contributed by atoms with Crippen molar-refractivity contribution in [2.24, 2.45) is 5.92 Å². The van der Waals surface area contributed by atoms with E-state index in [4.69, 9.17) is 21.1 Å². The number of piperidine rings is 1. The maximum Gasteiger partial charge on any atom is 0.262 e. The van der Waals surface area contributed by atoms with Gasteiger partial charge in [0.25, 0.3) is 5.91 Å². The van der Waals surface area contributed by atoms with Crippen molar-refractivity contribution in [3.8, 4) is 11.5 Å². The Kier molecular flexibility index (Phi) is 7.19. The number of piperazine rings is 1. The van der Waals surface area contributed by atoms with Crippen LogP contribution in [-0.4, -0.2) is 82.4 Å². The van der Waals surface area contributed by atoms with Crippen molar-refractivity contribution in [2.45, 2.75) is 17.7 Å². The zero-order valence-corrected chi connectivity index (χ0v) is 22.1.